The first-order chi connectivity index (χ1) is 9.29. The summed E-state index contributed by atoms with van der Waals surface area (Å²) in [7, 11) is 0. The van der Waals surface area contributed by atoms with Crippen LogP contribution in [0.3, 0.4) is 0 Å². The van der Waals surface area contributed by atoms with Crippen LogP contribution in [-0.4, -0.2) is 26.7 Å². The third-order valence-corrected chi connectivity index (χ3v) is 4.20. The fraction of sp³-hybridized carbons (Fsp3) is 0.571. The molecule has 0 aliphatic heterocycles. The van der Waals surface area contributed by atoms with Crippen molar-refractivity contribution in [2.75, 3.05) is 5.32 Å². The minimum absolute atomic E-state index is 0.343. The number of hydrogen-bond acceptors (Lipinski definition) is 4. The summed E-state index contributed by atoms with van der Waals surface area (Å²) in [6.45, 7) is 0. The second-order valence-corrected chi connectivity index (χ2v) is 5.86. The Morgan fingerprint density at radius 1 is 1.26 bits per heavy atom. The van der Waals surface area contributed by atoms with E-state index in [4.69, 9.17) is 5.73 Å². The molecule has 2 aliphatic carbocycles. The summed E-state index contributed by atoms with van der Waals surface area (Å²) in [6.07, 6.45) is 7.65. The molecule has 2 atom stereocenters. The highest BCUT2D eigenvalue weighted by atomic mass is 15.3. The molecular formula is C14H19N5. The molecule has 100 valence electrons. The van der Waals surface area contributed by atoms with E-state index < -0.39 is 0 Å². The van der Waals surface area contributed by atoms with Gasteiger partial charge in [-0.1, -0.05) is 0 Å². The molecule has 4 rings (SSSR count). The molecule has 5 heteroatoms. The van der Waals surface area contributed by atoms with Crippen LogP contribution < -0.4 is 11.1 Å². The molecule has 2 fully saturated rings. The monoisotopic (exact) mass is 257 g/mol. The van der Waals surface area contributed by atoms with E-state index in [1.165, 1.54) is 18.5 Å². The average molecular weight is 257 g/mol. The summed E-state index contributed by atoms with van der Waals surface area (Å²) in [5.41, 5.74) is 8.13. The topological polar surface area (TPSA) is 68.2 Å². The van der Waals surface area contributed by atoms with E-state index >= 15 is 0 Å². The molecule has 0 radical (unpaired) electrons. The Morgan fingerprint density at radius 2 is 2.16 bits per heavy atom. The van der Waals surface area contributed by atoms with Gasteiger partial charge in [0.2, 0.25) is 0 Å². The first-order valence-electron chi connectivity index (χ1n) is 7.16. The highest BCUT2D eigenvalue weighted by Gasteiger charge is 2.27. The summed E-state index contributed by atoms with van der Waals surface area (Å²) in [5.74, 6) is 1.72. The van der Waals surface area contributed by atoms with E-state index in [9.17, 15) is 0 Å². The Morgan fingerprint density at radius 3 is 2.89 bits per heavy atom. The number of fused-ring (bicyclic) bond motifs is 1. The summed E-state index contributed by atoms with van der Waals surface area (Å²) in [5, 5.41) is 7.96. The summed E-state index contributed by atoms with van der Waals surface area (Å²) in [4.78, 5) is 4.68. The number of nitrogens with two attached hydrogens (primary N) is 1. The summed E-state index contributed by atoms with van der Waals surface area (Å²) in [6, 6.07) is 4.95. The molecule has 5 nitrogen and oxygen atoms in total. The summed E-state index contributed by atoms with van der Waals surface area (Å²) >= 11 is 0. The molecule has 2 heterocycles. The summed E-state index contributed by atoms with van der Waals surface area (Å²) < 4.78 is 1.90. The van der Waals surface area contributed by atoms with Crippen LogP contribution in [-0.2, 0) is 0 Å². The molecule has 3 N–H and O–H groups in total. The van der Waals surface area contributed by atoms with E-state index in [-0.39, 0.29) is 0 Å². The molecule has 2 saturated carbocycles. The van der Waals surface area contributed by atoms with Crippen LogP contribution in [0.1, 0.15) is 43.7 Å². The molecule has 0 unspecified atom stereocenters. The van der Waals surface area contributed by atoms with Crippen molar-refractivity contribution < 1.29 is 0 Å². The van der Waals surface area contributed by atoms with Crippen molar-refractivity contribution in [3.8, 4) is 0 Å². The molecule has 0 aromatic carbocycles. The zero-order chi connectivity index (χ0) is 12.8. The van der Waals surface area contributed by atoms with Gasteiger partial charge in [0.15, 0.2) is 5.65 Å². The first kappa shape index (κ1) is 11.2. The molecular weight excluding hydrogens is 238 g/mol. The first-order valence-corrected chi connectivity index (χ1v) is 7.16. The van der Waals surface area contributed by atoms with Crippen molar-refractivity contribution in [2.45, 2.75) is 50.1 Å². The maximum Gasteiger partial charge on any atom is 0.157 e. The molecule has 0 saturated heterocycles. The smallest absolute Gasteiger partial charge is 0.157 e. The quantitative estimate of drug-likeness (QED) is 0.881. The number of nitrogens with one attached hydrogen (secondary N) is 1. The van der Waals surface area contributed by atoms with Gasteiger partial charge in [0.25, 0.3) is 0 Å². The van der Waals surface area contributed by atoms with Crippen LogP contribution in [0.4, 0.5) is 5.82 Å². The molecule has 19 heavy (non-hydrogen) atoms. The van der Waals surface area contributed by atoms with Gasteiger partial charge >= 0.3 is 0 Å². The van der Waals surface area contributed by atoms with Crippen LogP contribution in [0.25, 0.3) is 5.65 Å². The lowest BCUT2D eigenvalue weighted by atomic mass is 10.2. The van der Waals surface area contributed by atoms with Crippen LogP contribution in [0.2, 0.25) is 0 Å². The lowest BCUT2D eigenvalue weighted by Gasteiger charge is -2.15. The Labute approximate surface area is 112 Å². The fourth-order valence-corrected chi connectivity index (χ4v) is 2.98. The average Bonchev–Trinajstić information content (AvgIpc) is 3.00. The predicted molar refractivity (Wildman–Crippen MR) is 74.2 cm³/mol. The van der Waals surface area contributed by atoms with Crippen LogP contribution in [0, 0.1) is 0 Å². The molecule has 2 aliphatic rings. The van der Waals surface area contributed by atoms with Crippen molar-refractivity contribution in [1.29, 1.82) is 0 Å². The van der Waals surface area contributed by atoms with Gasteiger partial charge < -0.3 is 11.1 Å². The van der Waals surface area contributed by atoms with Gasteiger partial charge in [-0.15, -0.1) is 0 Å². The molecule has 2 aromatic rings. The number of anilines is 1. The Hall–Kier alpha value is -1.62. The highest BCUT2D eigenvalue weighted by Crippen LogP contribution is 2.40. The fourth-order valence-electron chi connectivity index (χ4n) is 2.98. The zero-order valence-corrected chi connectivity index (χ0v) is 10.9. The van der Waals surface area contributed by atoms with Crippen LogP contribution >= 0.6 is 0 Å². The number of nitrogens with zero attached hydrogens (tertiary/aromatic N) is 3. The lowest BCUT2D eigenvalue weighted by molar-refractivity contribution is 0.684. The lowest BCUT2D eigenvalue weighted by Crippen LogP contribution is -2.22. The van der Waals surface area contributed by atoms with E-state index in [0.29, 0.717) is 18.0 Å². The minimum atomic E-state index is 0.343. The van der Waals surface area contributed by atoms with Crippen molar-refractivity contribution >= 4 is 11.5 Å². The maximum absolute atomic E-state index is 5.98. The van der Waals surface area contributed by atoms with Crippen LogP contribution in [0.15, 0.2) is 18.3 Å². The molecule has 0 amide bonds. The number of rotatable bonds is 3. The predicted octanol–water partition coefficient (Wildman–Crippen LogP) is 1.90. The van der Waals surface area contributed by atoms with Gasteiger partial charge in [0.1, 0.15) is 5.82 Å². The van der Waals surface area contributed by atoms with Gasteiger partial charge in [-0.05, 0) is 32.1 Å². The van der Waals surface area contributed by atoms with Gasteiger partial charge in [0.05, 0.1) is 6.20 Å². The van der Waals surface area contributed by atoms with E-state index in [1.54, 1.807) is 0 Å². The van der Waals surface area contributed by atoms with Gasteiger partial charge in [-0.2, -0.15) is 9.61 Å². The van der Waals surface area contributed by atoms with Crippen molar-refractivity contribution in [1.82, 2.24) is 14.6 Å². The second kappa shape index (κ2) is 4.20. The van der Waals surface area contributed by atoms with Crippen LogP contribution in [0.5, 0.6) is 0 Å². The standard InChI is InChI=1S/C14H19N5/c15-10-3-4-11(7-10)17-14-8-12(9-1-2-9)18-13-5-6-16-19(13)14/h5-6,8-11,17H,1-4,7,15H2/t10-,11-/m1/s1. The van der Waals surface area contributed by atoms with Gasteiger partial charge in [-0.3, -0.25) is 0 Å². The Balaban J connectivity index is 1.68. The Bertz CT molecular complexity index is 601. The zero-order valence-electron chi connectivity index (χ0n) is 10.9. The third kappa shape index (κ3) is 2.08. The largest absolute Gasteiger partial charge is 0.367 e. The van der Waals surface area contributed by atoms with E-state index in [0.717, 1.165) is 30.7 Å². The SMILES string of the molecule is N[C@@H]1CC[C@@H](Nc2cc(C3CC3)nc3ccnn23)C1. The minimum Gasteiger partial charge on any atom is -0.367 e. The van der Waals surface area contributed by atoms with Crippen molar-refractivity contribution in [3.05, 3.63) is 24.0 Å². The van der Waals surface area contributed by atoms with Gasteiger partial charge in [-0.25, -0.2) is 4.98 Å². The number of hydrogen-bond donors (Lipinski definition) is 2. The second-order valence-electron chi connectivity index (χ2n) is 5.86. The van der Waals surface area contributed by atoms with Gasteiger partial charge in [0, 0.05) is 35.8 Å². The molecule has 0 bridgehead atoms. The van der Waals surface area contributed by atoms with Crippen molar-refractivity contribution in [3.63, 3.8) is 0 Å². The third-order valence-electron chi connectivity index (χ3n) is 4.20. The highest BCUT2D eigenvalue weighted by molar-refractivity contribution is 5.50. The van der Waals surface area contributed by atoms with E-state index in [1.807, 2.05) is 16.8 Å². The normalized spacial score (nSPS) is 27.0. The van der Waals surface area contributed by atoms with E-state index in [2.05, 4.69) is 21.5 Å². The Kier molecular flexibility index (Phi) is 2.48. The molecule has 0 spiro atoms. The van der Waals surface area contributed by atoms with Crippen molar-refractivity contribution in [2.24, 2.45) is 5.73 Å². The molecule has 2 aromatic heterocycles. The maximum atomic E-state index is 5.98. The number of aromatic nitrogens is 3.